The lowest BCUT2D eigenvalue weighted by Crippen LogP contribution is -2.13. The van der Waals surface area contributed by atoms with Crippen molar-refractivity contribution in [1.82, 2.24) is 0 Å². The van der Waals surface area contributed by atoms with Gasteiger partial charge in [0.1, 0.15) is 5.75 Å². The van der Waals surface area contributed by atoms with Crippen molar-refractivity contribution in [2.75, 3.05) is 0 Å². The molecule has 0 aliphatic heterocycles. The fourth-order valence-electron chi connectivity index (χ4n) is 1.19. The summed E-state index contributed by atoms with van der Waals surface area (Å²) in [5.41, 5.74) is 0.500. The molecule has 3 nitrogen and oxygen atoms in total. The number of benzene rings is 1. The molecule has 14 heavy (non-hydrogen) atoms. The van der Waals surface area contributed by atoms with Gasteiger partial charge in [0.05, 0.1) is 12.0 Å². The highest BCUT2D eigenvalue weighted by atomic mass is 35.5. The molecule has 1 aromatic carbocycles. The highest BCUT2D eigenvalue weighted by Gasteiger charge is 2.17. The van der Waals surface area contributed by atoms with Gasteiger partial charge in [-0.15, -0.1) is 11.6 Å². The number of aromatic hydroxyl groups is 1. The topological polar surface area (TPSA) is 57.5 Å². The molecule has 0 aliphatic rings. The molecule has 0 spiro atoms. The van der Waals surface area contributed by atoms with Gasteiger partial charge in [0.25, 0.3) is 0 Å². The number of hydrogen-bond acceptors (Lipinski definition) is 3. The van der Waals surface area contributed by atoms with Gasteiger partial charge in [0.15, 0.2) is 5.78 Å². The average Bonchev–Trinajstić information content (AvgIpc) is 2.16. The van der Waals surface area contributed by atoms with E-state index < -0.39 is 5.38 Å². The Morgan fingerprint density at radius 3 is 2.71 bits per heavy atom. The first-order valence-electron chi connectivity index (χ1n) is 4.18. The summed E-state index contributed by atoms with van der Waals surface area (Å²) in [7, 11) is 0. The predicted octanol–water partition coefficient (Wildman–Crippen LogP) is 1.69. The summed E-state index contributed by atoms with van der Waals surface area (Å²) < 4.78 is 0. The minimum atomic E-state index is -0.665. The van der Waals surface area contributed by atoms with Crippen LogP contribution in [0.2, 0.25) is 0 Å². The van der Waals surface area contributed by atoms with E-state index in [0.29, 0.717) is 0 Å². The summed E-state index contributed by atoms with van der Waals surface area (Å²) in [6.07, 6.45) is 0. The van der Waals surface area contributed by atoms with Crippen molar-refractivity contribution in [3.05, 3.63) is 29.3 Å². The van der Waals surface area contributed by atoms with Crippen molar-refractivity contribution >= 4 is 17.4 Å². The number of rotatable bonds is 3. The van der Waals surface area contributed by atoms with Gasteiger partial charge in [-0.3, -0.25) is 4.79 Å². The van der Waals surface area contributed by atoms with E-state index in [-0.39, 0.29) is 29.3 Å². The summed E-state index contributed by atoms with van der Waals surface area (Å²) in [6.45, 7) is 1.17. The Kier molecular flexibility index (Phi) is 3.49. The van der Waals surface area contributed by atoms with Gasteiger partial charge < -0.3 is 10.2 Å². The highest BCUT2D eigenvalue weighted by molar-refractivity contribution is 6.33. The standard InChI is InChI=1S/C10H11ClO3/c1-6(11)10(14)7-3-2-4-9(13)8(7)5-12/h2-4,6,12-13H,5H2,1H3. The molecule has 2 N–H and O–H groups in total. The third-order valence-electron chi connectivity index (χ3n) is 1.94. The Morgan fingerprint density at radius 1 is 1.57 bits per heavy atom. The number of alkyl halides is 1. The number of carbonyl (C=O) groups is 1. The van der Waals surface area contributed by atoms with Crippen molar-refractivity contribution in [2.24, 2.45) is 0 Å². The average molecular weight is 215 g/mol. The number of Topliss-reactive ketones (excluding diaryl/α,β-unsaturated/α-hetero) is 1. The molecule has 0 heterocycles. The summed E-state index contributed by atoms with van der Waals surface area (Å²) in [6, 6.07) is 4.49. The molecule has 0 bridgehead atoms. The van der Waals surface area contributed by atoms with Crippen molar-refractivity contribution in [1.29, 1.82) is 0 Å². The lowest BCUT2D eigenvalue weighted by Gasteiger charge is -2.08. The van der Waals surface area contributed by atoms with Gasteiger partial charge >= 0.3 is 0 Å². The maximum atomic E-state index is 11.5. The first kappa shape index (κ1) is 11.0. The minimum absolute atomic E-state index is 0.0873. The summed E-state index contributed by atoms with van der Waals surface area (Å²) in [5.74, 6) is -0.387. The molecular formula is C10H11ClO3. The van der Waals surface area contributed by atoms with Crippen LogP contribution in [-0.2, 0) is 6.61 Å². The maximum absolute atomic E-state index is 11.5. The van der Waals surface area contributed by atoms with E-state index in [1.807, 2.05) is 0 Å². The van der Waals surface area contributed by atoms with Gasteiger partial charge in [-0.2, -0.15) is 0 Å². The summed E-state index contributed by atoms with van der Waals surface area (Å²) in [5, 5.41) is 17.7. The van der Waals surface area contributed by atoms with Crippen LogP contribution in [0.25, 0.3) is 0 Å². The van der Waals surface area contributed by atoms with Crippen LogP contribution in [0.1, 0.15) is 22.8 Å². The van der Waals surface area contributed by atoms with Crippen molar-refractivity contribution in [3.63, 3.8) is 0 Å². The van der Waals surface area contributed by atoms with Gasteiger partial charge in [-0.25, -0.2) is 0 Å². The molecule has 0 aromatic heterocycles. The van der Waals surface area contributed by atoms with Gasteiger partial charge in [-0.1, -0.05) is 12.1 Å². The molecule has 1 rings (SSSR count). The normalized spacial score (nSPS) is 12.5. The number of hydrogen-bond donors (Lipinski definition) is 2. The molecule has 0 saturated carbocycles. The van der Waals surface area contributed by atoms with E-state index in [4.69, 9.17) is 16.7 Å². The van der Waals surface area contributed by atoms with Crippen molar-refractivity contribution in [2.45, 2.75) is 18.9 Å². The summed E-state index contributed by atoms with van der Waals surface area (Å²) >= 11 is 5.63. The second-order valence-corrected chi connectivity index (χ2v) is 3.60. The number of ketones is 1. The Labute approximate surface area is 86.9 Å². The molecule has 0 radical (unpaired) electrons. The number of aliphatic hydroxyl groups excluding tert-OH is 1. The Bertz CT molecular complexity index is 347. The number of halogens is 1. The van der Waals surface area contributed by atoms with Gasteiger partial charge in [-0.05, 0) is 13.0 Å². The van der Waals surface area contributed by atoms with Crippen LogP contribution in [0.3, 0.4) is 0 Å². The number of carbonyl (C=O) groups excluding carboxylic acids is 1. The molecule has 1 unspecified atom stereocenters. The Morgan fingerprint density at radius 2 is 2.21 bits per heavy atom. The van der Waals surface area contributed by atoms with Gasteiger partial charge in [0.2, 0.25) is 0 Å². The zero-order valence-corrected chi connectivity index (χ0v) is 8.45. The molecule has 1 atom stereocenters. The maximum Gasteiger partial charge on any atom is 0.180 e. The third kappa shape index (κ3) is 2.05. The number of aliphatic hydroxyl groups is 1. The van der Waals surface area contributed by atoms with Crippen LogP contribution >= 0.6 is 11.6 Å². The monoisotopic (exact) mass is 214 g/mol. The second kappa shape index (κ2) is 4.44. The molecule has 0 saturated heterocycles. The molecule has 0 amide bonds. The zero-order valence-electron chi connectivity index (χ0n) is 7.70. The van der Waals surface area contributed by atoms with E-state index in [1.165, 1.54) is 12.1 Å². The zero-order chi connectivity index (χ0) is 10.7. The van der Waals surface area contributed by atoms with Crippen LogP contribution in [0.15, 0.2) is 18.2 Å². The lowest BCUT2D eigenvalue weighted by molar-refractivity contribution is 0.0988. The van der Waals surface area contributed by atoms with E-state index in [1.54, 1.807) is 13.0 Å². The van der Waals surface area contributed by atoms with Crippen molar-refractivity contribution in [3.8, 4) is 5.75 Å². The van der Waals surface area contributed by atoms with E-state index >= 15 is 0 Å². The fourth-order valence-corrected chi connectivity index (χ4v) is 1.30. The molecule has 0 fully saturated rings. The lowest BCUT2D eigenvalue weighted by atomic mass is 10.0. The first-order valence-corrected chi connectivity index (χ1v) is 4.61. The minimum Gasteiger partial charge on any atom is -0.508 e. The largest absolute Gasteiger partial charge is 0.508 e. The highest BCUT2D eigenvalue weighted by Crippen LogP contribution is 2.22. The third-order valence-corrected chi connectivity index (χ3v) is 2.13. The molecule has 76 valence electrons. The van der Waals surface area contributed by atoms with Crippen LogP contribution < -0.4 is 0 Å². The fraction of sp³-hybridized carbons (Fsp3) is 0.300. The van der Waals surface area contributed by atoms with E-state index in [2.05, 4.69) is 0 Å². The Hall–Kier alpha value is -1.06. The molecule has 1 aromatic rings. The van der Waals surface area contributed by atoms with Crippen molar-refractivity contribution < 1.29 is 15.0 Å². The van der Waals surface area contributed by atoms with Gasteiger partial charge in [0, 0.05) is 11.1 Å². The van der Waals surface area contributed by atoms with Crippen LogP contribution in [0.5, 0.6) is 5.75 Å². The SMILES string of the molecule is CC(Cl)C(=O)c1cccc(O)c1CO. The molecule has 0 aliphatic carbocycles. The molecular weight excluding hydrogens is 204 g/mol. The van der Waals surface area contributed by atoms with Crippen LogP contribution in [-0.4, -0.2) is 21.4 Å². The van der Waals surface area contributed by atoms with Crippen LogP contribution in [0, 0.1) is 0 Å². The first-order chi connectivity index (χ1) is 6.57. The van der Waals surface area contributed by atoms with E-state index in [0.717, 1.165) is 0 Å². The second-order valence-electron chi connectivity index (χ2n) is 2.94. The number of phenols is 1. The molecule has 4 heteroatoms. The smallest absolute Gasteiger partial charge is 0.180 e. The Balaban J connectivity index is 3.20. The quantitative estimate of drug-likeness (QED) is 0.595. The van der Waals surface area contributed by atoms with Crippen LogP contribution in [0.4, 0.5) is 0 Å². The van der Waals surface area contributed by atoms with E-state index in [9.17, 15) is 9.90 Å². The summed E-state index contributed by atoms with van der Waals surface area (Å²) in [4.78, 5) is 11.5. The predicted molar refractivity (Wildman–Crippen MR) is 53.7 cm³/mol.